The van der Waals surface area contributed by atoms with Crippen molar-refractivity contribution in [2.24, 2.45) is 5.92 Å². The Morgan fingerprint density at radius 3 is 2.82 bits per heavy atom. The van der Waals surface area contributed by atoms with Crippen LogP contribution in [0.2, 0.25) is 5.02 Å². The molecule has 28 heavy (non-hydrogen) atoms. The van der Waals surface area contributed by atoms with Crippen molar-refractivity contribution in [3.63, 3.8) is 0 Å². The third-order valence-electron chi connectivity index (χ3n) is 5.42. The van der Waals surface area contributed by atoms with Gasteiger partial charge in [-0.05, 0) is 50.6 Å². The normalized spacial score (nSPS) is 17.7. The van der Waals surface area contributed by atoms with Gasteiger partial charge in [-0.25, -0.2) is 4.98 Å². The summed E-state index contributed by atoms with van der Waals surface area (Å²) < 4.78 is 2.27. The summed E-state index contributed by atoms with van der Waals surface area (Å²) in [5.74, 6) is 1.07. The molecule has 2 heterocycles. The van der Waals surface area contributed by atoms with Crippen molar-refractivity contribution < 1.29 is 4.79 Å². The third-order valence-corrected chi connectivity index (χ3v) is 5.75. The molecule has 4 rings (SSSR count). The lowest BCUT2D eigenvalue weighted by atomic mass is 9.97. The zero-order valence-corrected chi connectivity index (χ0v) is 16.8. The number of amides is 1. The zero-order valence-electron chi connectivity index (χ0n) is 16.1. The van der Waals surface area contributed by atoms with Gasteiger partial charge in [-0.3, -0.25) is 9.69 Å². The number of aromatic nitrogens is 2. The van der Waals surface area contributed by atoms with Gasteiger partial charge in [0.05, 0.1) is 34.2 Å². The fourth-order valence-electron chi connectivity index (χ4n) is 4.01. The monoisotopic (exact) mass is 396 g/mol. The number of rotatable bonds is 5. The highest BCUT2D eigenvalue weighted by atomic mass is 35.5. The molecule has 1 saturated heterocycles. The van der Waals surface area contributed by atoms with Crippen molar-refractivity contribution >= 4 is 34.2 Å². The first-order valence-corrected chi connectivity index (χ1v) is 10.3. The van der Waals surface area contributed by atoms with E-state index in [-0.39, 0.29) is 11.8 Å². The highest BCUT2D eigenvalue weighted by molar-refractivity contribution is 6.33. The molecule has 0 unspecified atom stereocenters. The van der Waals surface area contributed by atoms with Gasteiger partial charge in [0.2, 0.25) is 5.91 Å². The number of nitrogens with zero attached hydrogens (tertiary/aromatic N) is 3. The Morgan fingerprint density at radius 1 is 1.21 bits per heavy atom. The number of carbonyl (C=O) groups excluding carboxylic acids is 1. The molecule has 1 atom stereocenters. The summed E-state index contributed by atoms with van der Waals surface area (Å²) >= 11 is 6.18. The molecule has 2 aromatic carbocycles. The fraction of sp³-hybridized carbons (Fsp3) is 0.364. The van der Waals surface area contributed by atoms with Crippen LogP contribution < -0.4 is 5.32 Å². The van der Waals surface area contributed by atoms with E-state index in [2.05, 4.69) is 39.9 Å². The van der Waals surface area contributed by atoms with Crippen LogP contribution in [-0.4, -0.2) is 33.4 Å². The van der Waals surface area contributed by atoms with Crippen LogP contribution in [0.15, 0.2) is 48.5 Å². The van der Waals surface area contributed by atoms with E-state index in [4.69, 9.17) is 16.6 Å². The number of hydrogen-bond donors (Lipinski definition) is 1. The van der Waals surface area contributed by atoms with E-state index in [1.807, 2.05) is 24.3 Å². The van der Waals surface area contributed by atoms with Gasteiger partial charge in [-0.15, -0.1) is 0 Å². The van der Waals surface area contributed by atoms with Crippen molar-refractivity contribution in [2.45, 2.75) is 32.9 Å². The van der Waals surface area contributed by atoms with E-state index >= 15 is 0 Å². The van der Waals surface area contributed by atoms with Crippen molar-refractivity contribution in [1.29, 1.82) is 0 Å². The standard InChI is InChI=1S/C22H25ClN4O/c1-2-27-20-12-6-5-11-19(20)24-21(27)15-26-13-7-8-16(14-26)22(28)25-18-10-4-3-9-17(18)23/h3-6,9-12,16H,2,7-8,13-15H2,1H3,(H,25,28)/t16-/m1/s1. The molecular formula is C22H25ClN4O. The Balaban J connectivity index is 1.46. The topological polar surface area (TPSA) is 50.2 Å². The molecular weight excluding hydrogens is 372 g/mol. The lowest BCUT2D eigenvalue weighted by Gasteiger charge is -2.31. The smallest absolute Gasteiger partial charge is 0.228 e. The van der Waals surface area contributed by atoms with Crippen LogP contribution in [0.4, 0.5) is 5.69 Å². The Bertz CT molecular complexity index is 984. The Hall–Kier alpha value is -2.37. The second-order valence-corrected chi connectivity index (χ2v) is 7.71. The van der Waals surface area contributed by atoms with E-state index in [9.17, 15) is 4.79 Å². The number of carbonyl (C=O) groups is 1. The molecule has 0 radical (unpaired) electrons. The van der Waals surface area contributed by atoms with Gasteiger partial charge in [0.1, 0.15) is 5.82 Å². The van der Waals surface area contributed by atoms with Crippen molar-refractivity contribution in [3.05, 3.63) is 59.4 Å². The van der Waals surface area contributed by atoms with Gasteiger partial charge >= 0.3 is 0 Å². The molecule has 1 fully saturated rings. The van der Waals surface area contributed by atoms with Crippen molar-refractivity contribution in [3.8, 4) is 0 Å². The van der Waals surface area contributed by atoms with Gasteiger partial charge in [0.15, 0.2) is 0 Å². The van der Waals surface area contributed by atoms with E-state index in [0.717, 1.165) is 50.4 Å². The predicted molar refractivity (Wildman–Crippen MR) is 113 cm³/mol. The van der Waals surface area contributed by atoms with Crippen LogP contribution in [0.1, 0.15) is 25.6 Å². The minimum absolute atomic E-state index is 0.0375. The Kier molecular flexibility index (Phi) is 5.64. The molecule has 1 aliphatic rings. The number of likely N-dealkylation sites (tertiary alicyclic amines) is 1. The van der Waals surface area contributed by atoms with Crippen LogP contribution in [0.25, 0.3) is 11.0 Å². The number of anilines is 1. The maximum atomic E-state index is 12.8. The molecule has 146 valence electrons. The molecule has 1 aliphatic heterocycles. The quantitative estimate of drug-likeness (QED) is 0.687. The first-order chi connectivity index (χ1) is 13.7. The lowest BCUT2D eigenvalue weighted by molar-refractivity contribution is -0.121. The average molecular weight is 397 g/mol. The molecule has 5 nitrogen and oxygen atoms in total. The zero-order chi connectivity index (χ0) is 19.5. The third kappa shape index (κ3) is 3.91. The fourth-order valence-corrected chi connectivity index (χ4v) is 4.19. The van der Waals surface area contributed by atoms with Crippen LogP contribution in [-0.2, 0) is 17.9 Å². The first-order valence-electron chi connectivity index (χ1n) is 9.87. The van der Waals surface area contributed by atoms with Gasteiger partial charge in [0.25, 0.3) is 0 Å². The Labute approximate surface area is 170 Å². The van der Waals surface area contributed by atoms with E-state index < -0.39 is 0 Å². The summed E-state index contributed by atoms with van der Waals surface area (Å²) in [6, 6.07) is 15.6. The minimum Gasteiger partial charge on any atom is -0.327 e. The molecule has 1 amide bonds. The van der Waals surface area contributed by atoms with Crippen LogP contribution in [0, 0.1) is 5.92 Å². The second kappa shape index (κ2) is 8.33. The average Bonchev–Trinajstić information content (AvgIpc) is 3.06. The van der Waals surface area contributed by atoms with Crippen molar-refractivity contribution in [2.75, 3.05) is 18.4 Å². The number of halogens is 1. The van der Waals surface area contributed by atoms with Gasteiger partial charge in [-0.2, -0.15) is 0 Å². The summed E-state index contributed by atoms with van der Waals surface area (Å²) in [5.41, 5.74) is 2.88. The number of nitrogens with one attached hydrogen (secondary N) is 1. The van der Waals surface area contributed by atoms with E-state index in [1.165, 1.54) is 5.52 Å². The highest BCUT2D eigenvalue weighted by Gasteiger charge is 2.27. The van der Waals surface area contributed by atoms with Crippen LogP contribution >= 0.6 is 11.6 Å². The summed E-state index contributed by atoms with van der Waals surface area (Å²) in [7, 11) is 0. The van der Waals surface area contributed by atoms with E-state index in [1.54, 1.807) is 6.07 Å². The summed E-state index contributed by atoms with van der Waals surface area (Å²) in [6.07, 6.45) is 1.91. The molecule has 1 aromatic heterocycles. The van der Waals surface area contributed by atoms with Gasteiger partial charge in [0, 0.05) is 13.1 Å². The molecule has 3 aromatic rings. The van der Waals surface area contributed by atoms with E-state index in [0.29, 0.717) is 10.7 Å². The molecule has 0 aliphatic carbocycles. The number of benzene rings is 2. The summed E-state index contributed by atoms with van der Waals surface area (Å²) in [5, 5.41) is 3.56. The van der Waals surface area contributed by atoms with Crippen LogP contribution in [0.3, 0.4) is 0 Å². The van der Waals surface area contributed by atoms with Crippen molar-refractivity contribution in [1.82, 2.24) is 14.5 Å². The molecule has 0 bridgehead atoms. The molecule has 1 N–H and O–H groups in total. The minimum atomic E-state index is -0.0375. The number of hydrogen-bond acceptors (Lipinski definition) is 3. The SMILES string of the molecule is CCn1c(CN2CCC[C@@H](C(=O)Nc3ccccc3Cl)C2)nc2ccccc21. The van der Waals surface area contributed by atoms with Gasteiger partial charge in [-0.1, -0.05) is 35.9 Å². The Morgan fingerprint density at radius 2 is 2.00 bits per heavy atom. The molecule has 0 spiro atoms. The highest BCUT2D eigenvalue weighted by Crippen LogP contribution is 2.25. The lowest BCUT2D eigenvalue weighted by Crippen LogP contribution is -2.40. The second-order valence-electron chi connectivity index (χ2n) is 7.30. The first kappa shape index (κ1) is 19.0. The maximum Gasteiger partial charge on any atom is 0.228 e. The van der Waals surface area contributed by atoms with Crippen LogP contribution in [0.5, 0.6) is 0 Å². The maximum absolute atomic E-state index is 12.8. The largest absolute Gasteiger partial charge is 0.327 e. The predicted octanol–water partition coefficient (Wildman–Crippen LogP) is 4.56. The number of piperidine rings is 1. The number of fused-ring (bicyclic) bond motifs is 1. The number of aryl methyl sites for hydroxylation is 1. The number of imidazole rings is 1. The molecule has 6 heteroatoms. The van der Waals surface area contributed by atoms with Gasteiger partial charge < -0.3 is 9.88 Å². The summed E-state index contributed by atoms with van der Waals surface area (Å²) in [6.45, 7) is 5.53. The number of para-hydroxylation sites is 3. The molecule has 0 saturated carbocycles. The summed E-state index contributed by atoms with van der Waals surface area (Å²) in [4.78, 5) is 19.9.